The van der Waals surface area contributed by atoms with Gasteiger partial charge in [-0.05, 0) is 24.5 Å². The molecule has 0 aliphatic heterocycles. The van der Waals surface area contributed by atoms with Crippen LogP contribution in [0.2, 0.25) is 0 Å². The van der Waals surface area contributed by atoms with Crippen molar-refractivity contribution >= 4 is 6.29 Å². The van der Waals surface area contributed by atoms with Gasteiger partial charge in [-0.3, -0.25) is 9.48 Å². The molecule has 0 N–H and O–H groups in total. The normalized spacial score (nSPS) is 10.9. The van der Waals surface area contributed by atoms with Gasteiger partial charge in [0.15, 0.2) is 6.29 Å². The molecule has 0 unspecified atom stereocenters. The van der Waals surface area contributed by atoms with E-state index >= 15 is 0 Å². The molecule has 0 saturated carbocycles. The summed E-state index contributed by atoms with van der Waals surface area (Å²) in [6.07, 6.45) is 3.28. The predicted octanol–water partition coefficient (Wildman–Crippen LogP) is 3.56. The van der Waals surface area contributed by atoms with Crippen molar-refractivity contribution in [3.8, 4) is 17.0 Å². The number of methoxy groups -OCH3 is 1. The molecule has 0 spiro atoms. The van der Waals surface area contributed by atoms with E-state index in [0.717, 1.165) is 6.42 Å². The van der Waals surface area contributed by atoms with E-state index in [4.69, 9.17) is 4.74 Å². The van der Waals surface area contributed by atoms with Gasteiger partial charge >= 0.3 is 0 Å². The van der Waals surface area contributed by atoms with Gasteiger partial charge in [-0.25, -0.2) is 4.39 Å². The Balaban J connectivity index is 2.46. The van der Waals surface area contributed by atoms with E-state index in [1.54, 1.807) is 23.0 Å². The fraction of sp³-hybridized carbons (Fsp3) is 0.375. The number of carbonyl (C=O) groups excluding carboxylic acids is 1. The summed E-state index contributed by atoms with van der Waals surface area (Å²) in [6.45, 7) is 4.92. The van der Waals surface area contributed by atoms with Crippen LogP contribution in [-0.4, -0.2) is 23.2 Å². The molecule has 0 aliphatic carbocycles. The molecule has 0 bridgehead atoms. The Morgan fingerprint density at radius 2 is 2.19 bits per heavy atom. The van der Waals surface area contributed by atoms with E-state index in [1.807, 2.05) is 0 Å². The van der Waals surface area contributed by atoms with Gasteiger partial charge < -0.3 is 4.74 Å². The molecule has 5 heteroatoms. The monoisotopic (exact) mass is 290 g/mol. The van der Waals surface area contributed by atoms with Gasteiger partial charge in [0.1, 0.15) is 17.3 Å². The lowest BCUT2D eigenvalue weighted by atomic mass is 10.1. The maximum atomic E-state index is 14.1. The number of benzene rings is 1. The van der Waals surface area contributed by atoms with Crippen LogP contribution in [0.4, 0.5) is 4.39 Å². The Morgan fingerprint density at radius 3 is 2.81 bits per heavy atom. The molecule has 0 radical (unpaired) electrons. The SMILES string of the molecule is COc1cccc(F)c1-c1nn(CCC(C)C)cc1C=O. The highest BCUT2D eigenvalue weighted by Gasteiger charge is 2.19. The number of hydrogen-bond donors (Lipinski definition) is 0. The minimum Gasteiger partial charge on any atom is -0.496 e. The standard InChI is InChI=1S/C16H19FN2O2/c1-11(2)7-8-19-9-12(10-20)16(18-19)15-13(17)5-4-6-14(15)21-3/h4-6,9-11H,7-8H2,1-3H3. The number of carbonyl (C=O) groups is 1. The summed E-state index contributed by atoms with van der Waals surface area (Å²) in [5, 5.41) is 4.36. The van der Waals surface area contributed by atoms with Gasteiger partial charge in [-0.1, -0.05) is 19.9 Å². The highest BCUT2D eigenvalue weighted by atomic mass is 19.1. The predicted molar refractivity (Wildman–Crippen MR) is 79.0 cm³/mol. The zero-order chi connectivity index (χ0) is 15.4. The molecule has 0 aliphatic rings. The molecule has 4 nitrogen and oxygen atoms in total. The van der Waals surface area contributed by atoms with Gasteiger partial charge in [0, 0.05) is 12.7 Å². The summed E-state index contributed by atoms with van der Waals surface area (Å²) in [7, 11) is 1.47. The molecule has 0 amide bonds. The van der Waals surface area contributed by atoms with Crippen molar-refractivity contribution in [1.29, 1.82) is 0 Å². The summed E-state index contributed by atoms with van der Waals surface area (Å²) < 4.78 is 21.0. The maximum absolute atomic E-state index is 14.1. The van der Waals surface area contributed by atoms with Crippen molar-refractivity contribution in [2.45, 2.75) is 26.8 Å². The number of aromatic nitrogens is 2. The van der Waals surface area contributed by atoms with E-state index in [2.05, 4.69) is 18.9 Å². The average molecular weight is 290 g/mol. The third-order valence-corrected chi connectivity index (χ3v) is 3.28. The molecule has 0 fully saturated rings. The number of rotatable bonds is 6. The quantitative estimate of drug-likeness (QED) is 0.764. The molecule has 1 aromatic carbocycles. The van der Waals surface area contributed by atoms with E-state index < -0.39 is 5.82 Å². The first-order valence-electron chi connectivity index (χ1n) is 6.92. The van der Waals surface area contributed by atoms with Crippen LogP contribution in [0.3, 0.4) is 0 Å². The van der Waals surface area contributed by atoms with Gasteiger partial charge in [0.25, 0.3) is 0 Å². The Bertz CT molecular complexity index is 635. The number of aryl methyl sites for hydroxylation is 1. The van der Waals surface area contributed by atoms with E-state index in [1.165, 1.54) is 13.2 Å². The Morgan fingerprint density at radius 1 is 1.43 bits per heavy atom. The van der Waals surface area contributed by atoms with Gasteiger partial charge in [-0.15, -0.1) is 0 Å². The van der Waals surface area contributed by atoms with Crippen LogP contribution in [0.25, 0.3) is 11.3 Å². The number of nitrogens with zero attached hydrogens (tertiary/aromatic N) is 2. The largest absolute Gasteiger partial charge is 0.496 e. The van der Waals surface area contributed by atoms with Crippen LogP contribution in [-0.2, 0) is 6.54 Å². The zero-order valence-corrected chi connectivity index (χ0v) is 12.5. The van der Waals surface area contributed by atoms with Crippen LogP contribution in [0.15, 0.2) is 24.4 Å². The first kappa shape index (κ1) is 15.2. The highest BCUT2D eigenvalue weighted by Crippen LogP contribution is 2.33. The van der Waals surface area contributed by atoms with E-state index in [-0.39, 0.29) is 5.56 Å². The topological polar surface area (TPSA) is 44.1 Å². The first-order chi connectivity index (χ1) is 10.1. The Kier molecular flexibility index (Phi) is 4.73. The van der Waals surface area contributed by atoms with Crippen molar-refractivity contribution < 1.29 is 13.9 Å². The van der Waals surface area contributed by atoms with Crippen LogP contribution in [0.1, 0.15) is 30.6 Å². The van der Waals surface area contributed by atoms with Crippen LogP contribution >= 0.6 is 0 Å². The molecule has 2 rings (SSSR count). The third kappa shape index (κ3) is 3.29. The smallest absolute Gasteiger partial charge is 0.153 e. The van der Waals surface area contributed by atoms with Crippen LogP contribution < -0.4 is 4.74 Å². The van der Waals surface area contributed by atoms with Crippen molar-refractivity contribution in [2.24, 2.45) is 5.92 Å². The molecule has 1 heterocycles. The summed E-state index contributed by atoms with van der Waals surface area (Å²) >= 11 is 0. The molecule has 1 aromatic heterocycles. The number of ether oxygens (including phenoxy) is 1. The maximum Gasteiger partial charge on any atom is 0.153 e. The second-order valence-electron chi connectivity index (χ2n) is 5.31. The minimum atomic E-state index is -0.452. The molecule has 112 valence electrons. The average Bonchev–Trinajstić information content (AvgIpc) is 2.87. The van der Waals surface area contributed by atoms with Crippen LogP contribution in [0, 0.1) is 11.7 Å². The third-order valence-electron chi connectivity index (χ3n) is 3.28. The number of aldehydes is 1. The van der Waals surface area contributed by atoms with Gasteiger partial charge in [-0.2, -0.15) is 5.10 Å². The molecular weight excluding hydrogens is 271 g/mol. The summed E-state index contributed by atoms with van der Waals surface area (Å²) in [5.74, 6) is 0.444. The highest BCUT2D eigenvalue weighted by molar-refractivity contribution is 5.87. The van der Waals surface area contributed by atoms with Crippen molar-refractivity contribution in [1.82, 2.24) is 9.78 Å². The minimum absolute atomic E-state index is 0.227. The second-order valence-corrected chi connectivity index (χ2v) is 5.31. The lowest BCUT2D eigenvalue weighted by molar-refractivity contribution is 0.112. The van der Waals surface area contributed by atoms with Gasteiger partial charge in [0.05, 0.1) is 18.2 Å². The van der Waals surface area contributed by atoms with E-state index in [9.17, 15) is 9.18 Å². The molecule has 21 heavy (non-hydrogen) atoms. The second kappa shape index (κ2) is 6.52. The number of hydrogen-bond acceptors (Lipinski definition) is 3. The lowest BCUT2D eigenvalue weighted by Gasteiger charge is -2.08. The fourth-order valence-electron chi connectivity index (χ4n) is 2.13. The van der Waals surface area contributed by atoms with Gasteiger partial charge in [0.2, 0.25) is 0 Å². The first-order valence-corrected chi connectivity index (χ1v) is 6.92. The van der Waals surface area contributed by atoms with Crippen molar-refractivity contribution in [3.05, 3.63) is 35.8 Å². The van der Waals surface area contributed by atoms with Crippen molar-refractivity contribution in [3.63, 3.8) is 0 Å². The molecular formula is C16H19FN2O2. The zero-order valence-electron chi connectivity index (χ0n) is 12.5. The molecule has 0 atom stereocenters. The molecule has 2 aromatic rings. The summed E-state index contributed by atoms with van der Waals surface area (Å²) in [4.78, 5) is 11.2. The molecule has 0 saturated heterocycles. The Labute approximate surface area is 123 Å². The fourth-order valence-corrected chi connectivity index (χ4v) is 2.13. The Hall–Kier alpha value is -2.17. The number of halogens is 1. The lowest BCUT2D eigenvalue weighted by Crippen LogP contribution is -2.02. The van der Waals surface area contributed by atoms with E-state index in [0.29, 0.717) is 35.8 Å². The summed E-state index contributed by atoms with van der Waals surface area (Å²) in [6, 6.07) is 4.55. The van der Waals surface area contributed by atoms with Crippen LogP contribution in [0.5, 0.6) is 5.75 Å². The van der Waals surface area contributed by atoms with Crippen molar-refractivity contribution in [2.75, 3.05) is 7.11 Å². The summed E-state index contributed by atoms with van der Waals surface area (Å²) in [5.41, 5.74) is 0.913.